The van der Waals surface area contributed by atoms with Gasteiger partial charge in [0.2, 0.25) is 5.91 Å². The van der Waals surface area contributed by atoms with Crippen LogP contribution < -0.4 is 21.1 Å². The van der Waals surface area contributed by atoms with Gasteiger partial charge in [-0.05, 0) is 42.5 Å². The fraction of sp³-hybridized carbons (Fsp3) is 0.0625. The van der Waals surface area contributed by atoms with E-state index in [1.807, 2.05) is 0 Å². The number of carbonyl (C=O) groups excluding carboxylic acids is 3. The fourth-order valence-corrected chi connectivity index (χ4v) is 2.14. The van der Waals surface area contributed by atoms with Crippen molar-refractivity contribution >= 4 is 29.1 Å². The molecule has 7 nitrogen and oxygen atoms in total. The molecule has 0 unspecified atom stereocenters. The normalized spacial score (nSPS) is 12.6. The minimum atomic E-state index is -0.531. The minimum Gasteiger partial charge on any atom is -0.482 e. The van der Waals surface area contributed by atoms with E-state index in [0.29, 0.717) is 28.3 Å². The summed E-state index contributed by atoms with van der Waals surface area (Å²) in [5.74, 6) is -0.651. The number of benzene rings is 2. The molecule has 0 fully saturated rings. The van der Waals surface area contributed by atoms with Crippen LogP contribution >= 0.6 is 0 Å². The topological polar surface area (TPSA) is 111 Å². The molecule has 0 atom stereocenters. The highest BCUT2D eigenvalue weighted by atomic mass is 16.5. The Morgan fingerprint density at radius 1 is 1.09 bits per heavy atom. The number of anilines is 2. The molecule has 2 aromatic rings. The van der Waals surface area contributed by atoms with Crippen LogP contribution in [0.5, 0.6) is 5.75 Å². The highest BCUT2D eigenvalue weighted by Crippen LogP contribution is 2.28. The predicted molar refractivity (Wildman–Crippen MR) is 83.5 cm³/mol. The fourth-order valence-electron chi connectivity index (χ4n) is 2.14. The largest absolute Gasteiger partial charge is 0.482 e. The van der Waals surface area contributed by atoms with Gasteiger partial charge >= 0.3 is 0 Å². The maximum atomic E-state index is 12.2. The molecule has 0 bridgehead atoms. The molecule has 0 aromatic heterocycles. The van der Waals surface area contributed by atoms with Crippen LogP contribution in [0.3, 0.4) is 0 Å². The lowest BCUT2D eigenvalue weighted by Gasteiger charge is -2.18. The lowest BCUT2D eigenvalue weighted by atomic mass is 10.1. The number of nitrogens with two attached hydrogens (primary N) is 1. The van der Waals surface area contributed by atoms with Gasteiger partial charge in [0.05, 0.1) is 5.69 Å². The second-order valence-electron chi connectivity index (χ2n) is 4.94. The Labute approximate surface area is 131 Å². The van der Waals surface area contributed by atoms with E-state index >= 15 is 0 Å². The third-order valence-electron chi connectivity index (χ3n) is 3.30. The van der Waals surface area contributed by atoms with Gasteiger partial charge in [-0.25, -0.2) is 0 Å². The first kappa shape index (κ1) is 14.6. The van der Waals surface area contributed by atoms with E-state index in [9.17, 15) is 14.4 Å². The van der Waals surface area contributed by atoms with Crippen LogP contribution in [0.4, 0.5) is 11.4 Å². The van der Waals surface area contributed by atoms with Crippen molar-refractivity contribution in [3.63, 3.8) is 0 Å². The van der Waals surface area contributed by atoms with Gasteiger partial charge in [-0.1, -0.05) is 0 Å². The highest BCUT2D eigenvalue weighted by molar-refractivity contribution is 6.06. The molecule has 2 aromatic carbocycles. The molecule has 0 radical (unpaired) electrons. The van der Waals surface area contributed by atoms with Gasteiger partial charge in [0, 0.05) is 16.8 Å². The van der Waals surface area contributed by atoms with Crippen molar-refractivity contribution in [2.75, 3.05) is 17.2 Å². The zero-order chi connectivity index (χ0) is 16.4. The number of rotatable bonds is 3. The molecule has 0 saturated carbocycles. The quantitative estimate of drug-likeness (QED) is 0.795. The van der Waals surface area contributed by atoms with Gasteiger partial charge in [-0.2, -0.15) is 0 Å². The Morgan fingerprint density at radius 2 is 1.78 bits per heavy atom. The molecule has 0 saturated heterocycles. The van der Waals surface area contributed by atoms with E-state index < -0.39 is 5.91 Å². The Balaban J connectivity index is 1.75. The average Bonchev–Trinajstić information content (AvgIpc) is 2.54. The molecular formula is C16H13N3O4. The second-order valence-corrected chi connectivity index (χ2v) is 4.94. The van der Waals surface area contributed by atoms with E-state index in [1.165, 1.54) is 12.1 Å². The Kier molecular flexibility index (Phi) is 3.68. The molecule has 1 heterocycles. The van der Waals surface area contributed by atoms with Gasteiger partial charge in [0.25, 0.3) is 11.8 Å². The first-order chi connectivity index (χ1) is 11.0. The molecule has 4 N–H and O–H groups in total. The number of carbonyl (C=O) groups is 3. The van der Waals surface area contributed by atoms with E-state index in [-0.39, 0.29) is 18.4 Å². The molecule has 7 heteroatoms. The van der Waals surface area contributed by atoms with Crippen molar-refractivity contribution in [2.24, 2.45) is 5.73 Å². The van der Waals surface area contributed by atoms with Crippen LogP contribution in [0.25, 0.3) is 0 Å². The zero-order valence-corrected chi connectivity index (χ0v) is 12.0. The molecule has 0 spiro atoms. The number of nitrogens with one attached hydrogen (secondary N) is 2. The first-order valence-corrected chi connectivity index (χ1v) is 6.81. The van der Waals surface area contributed by atoms with E-state index in [4.69, 9.17) is 10.5 Å². The van der Waals surface area contributed by atoms with Gasteiger partial charge in [-0.15, -0.1) is 0 Å². The smallest absolute Gasteiger partial charge is 0.262 e. The third kappa shape index (κ3) is 3.13. The number of fused-ring (bicyclic) bond motifs is 1. The standard InChI is InChI=1S/C16H13N3O4/c17-15(21)9-1-4-11(5-2-9)18-16(22)10-3-6-12-13(7-10)23-8-14(20)19-12/h1-7H,8H2,(H2,17,21)(H,18,22)(H,19,20). The average molecular weight is 311 g/mol. The van der Waals surface area contributed by atoms with E-state index in [0.717, 1.165) is 0 Å². The first-order valence-electron chi connectivity index (χ1n) is 6.81. The zero-order valence-electron chi connectivity index (χ0n) is 12.0. The molecule has 3 amide bonds. The predicted octanol–water partition coefficient (Wildman–Crippen LogP) is 1.37. The SMILES string of the molecule is NC(=O)c1ccc(NC(=O)c2ccc3c(c2)OCC(=O)N3)cc1. The van der Waals surface area contributed by atoms with Crippen molar-refractivity contribution in [1.82, 2.24) is 0 Å². The minimum absolute atomic E-state index is 0.0767. The molecule has 1 aliphatic heterocycles. The van der Waals surface area contributed by atoms with Crippen LogP contribution in [0.1, 0.15) is 20.7 Å². The van der Waals surface area contributed by atoms with Crippen LogP contribution in [0.2, 0.25) is 0 Å². The summed E-state index contributed by atoms with van der Waals surface area (Å²) in [4.78, 5) is 34.5. The number of hydrogen-bond donors (Lipinski definition) is 3. The summed E-state index contributed by atoms with van der Waals surface area (Å²) in [7, 11) is 0. The van der Waals surface area contributed by atoms with Crippen molar-refractivity contribution in [3.05, 3.63) is 53.6 Å². The Morgan fingerprint density at radius 3 is 2.48 bits per heavy atom. The lowest BCUT2D eigenvalue weighted by Crippen LogP contribution is -2.25. The summed E-state index contributed by atoms with van der Waals surface area (Å²) in [6.07, 6.45) is 0. The highest BCUT2D eigenvalue weighted by Gasteiger charge is 2.17. The monoisotopic (exact) mass is 311 g/mol. The van der Waals surface area contributed by atoms with Crippen molar-refractivity contribution in [2.45, 2.75) is 0 Å². The van der Waals surface area contributed by atoms with Crippen LogP contribution in [0, 0.1) is 0 Å². The third-order valence-corrected chi connectivity index (χ3v) is 3.30. The number of amides is 3. The van der Waals surface area contributed by atoms with Crippen molar-refractivity contribution in [1.29, 1.82) is 0 Å². The van der Waals surface area contributed by atoms with Gasteiger partial charge in [-0.3, -0.25) is 14.4 Å². The van der Waals surface area contributed by atoms with E-state index in [1.54, 1.807) is 30.3 Å². The summed E-state index contributed by atoms with van der Waals surface area (Å²) in [5.41, 5.74) is 6.98. The number of hydrogen-bond acceptors (Lipinski definition) is 4. The summed E-state index contributed by atoms with van der Waals surface area (Å²) < 4.78 is 5.28. The van der Waals surface area contributed by atoms with Gasteiger partial charge in [0.1, 0.15) is 5.75 Å². The van der Waals surface area contributed by atoms with E-state index in [2.05, 4.69) is 10.6 Å². The molecule has 0 aliphatic carbocycles. The lowest BCUT2D eigenvalue weighted by molar-refractivity contribution is -0.118. The molecule has 1 aliphatic rings. The van der Waals surface area contributed by atoms with Gasteiger partial charge in [0.15, 0.2) is 6.61 Å². The molecule has 3 rings (SSSR count). The van der Waals surface area contributed by atoms with Crippen LogP contribution in [-0.4, -0.2) is 24.3 Å². The maximum absolute atomic E-state index is 12.2. The van der Waals surface area contributed by atoms with Crippen LogP contribution in [-0.2, 0) is 4.79 Å². The van der Waals surface area contributed by atoms with Crippen molar-refractivity contribution in [3.8, 4) is 5.75 Å². The van der Waals surface area contributed by atoms with Crippen LogP contribution in [0.15, 0.2) is 42.5 Å². The summed E-state index contributed by atoms with van der Waals surface area (Å²) in [5, 5.41) is 5.36. The van der Waals surface area contributed by atoms with Crippen molar-refractivity contribution < 1.29 is 19.1 Å². The van der Waals surface area contributed by atoms with Gasteiger partial charge < -0.3 is 21.1 Å². The maximum Gasteiger partial charge on any atom is 0.262 e. The number of primary amides is 1. The summed E-state index contributed by atoms with van der Waals surface area (Å²) in [6.45, 7) is -0.0767. The Bertz CT molecular complexity index is 799. The second kappa shape index (κ2) is 5.80. The molecule has 116 valence electrons. The summed E-state index contributed by atoms with van der Waals surface area (Å²) >= 11 is 0. The summed E-state index contributed by atoms with van der Waals surface area (Å²) in [6, 6.07) is 11.0. The molecule has 23 heavy (non-hydrogen) atoms. The Hall–Kier alpha value is -3.35. The number of ether oxygens (including phenoxy) is 1. The molecular weight excluding hydrogens is 298 g/mol.